The topological polar surface area (TPSA) is 38.7 Å². The number of hydrogen-bond acceptors (Lipinski definition) is 3. The van der Waals surface area contributed by atoms with Gasteiger partial charge in [-0.1, -0.05) is 12.1 Å². The minimum absolute atomic E-state index is 0.322. The highest BCUT2D eigenvalue weighted by atomic mass is 19.1. The lowest BCUT2D eigenvalue weighted by atomic mass is 9.76. The van der Waals surface area contributed by atoms with E-state index in [1.807, 2.05) is 27.7 Å². The molecule has 0 amide bonds. The van der Waals surface area contributed by atoms with Crippen molar-refractivity contribution in [2.75, 3.05) is 0 Å². The second kappa shape index (κ2) is 4.55. The molecule has 1 heterocycles. The first-order valence-corrected chi connectivity index (χ1v) is 6.82. The summed E-state index contributed by atoms with van der Waals surface area (Å²) in [5.74, 6) is -0.392. The Morgan fingerprint density at radius 2 is 1.60 bits per heavy atom. The summed E-state index contributed by atoms with van der Waals surface area (Å²) in [6.45, 7) is 11.0. The van der Waals surface area contributed by atoms with Crippen LogP contribution in [-0.2, 0) is 14.9 Å². The first kappa shape index (κ1) is 15.5. The maximum absolute atomic E-state index is 14.1. The van der Waals surface area contributed by atoms with Gasteiger partial charge in [-0.3, -0.25) is 0 Å². The number of benzene rings is 1. The average Bonchev–Trinajstić information content (AvgIpc) is 2.46. The fourth-order valence-corrected chi connectivity index (χ4v) is 2.07. The summed E-state index contributed by atoms with van der Waals surface area (Å²) in [7, 11) is -0.762. The normalized spacial score (nSPS) is 21.3. The van der Waals surface area contributed by atoms with Gasteiger partial charge in [-0.15, -0.1) is 0 Å². The lowest BCUT2D eigenvalue weighted by Gasteiger charge is -2.32. The average molecular weight is 280 g/mol. The van der Waals surface area contributed by atoms with Crippen molar-refractivity contribution in [1.82, 2.24) is 0 Å². The van der Waals surface area contributed by atoms with Gasteiger partial charge in [0.05, 0.1) is 16.8 Å². The Morgan fingerprint density at radius 3 is 2.05 bits per heavy atom. The number of halogens is 1. The van der Waals surface area contributed by atoms with Crippen LogP contribution in [0.15, 0.2) is 18.2 Å². The van der Waals surface area contributed by atoms with E-state index in [4.69, 9.17) is 9.31 Å². The Kier molecular flexibility index (Phi) is 3.52. The van der Waals surface area contributed by atoms with Crippen LogP contribution in [0, 0.1) is 5.82 Å². The van der Waals surface area contributed by atoms with E-state index in [-0.39, 0.29) is 0 Å². The van der Waals surface area contributed by atoms with Gasteiger partial charge in [0, 0.05) is 5.46 Å². The fraction of sp³-hybridized carbons (Fsp3) is 0.600. The molecular formula is C15H22BFO3. The van der Waals surface area contributed by atoms with Gasteiger partial charge in [0.15, 0.2) is 0 Å². The molecular weight excluding hydrogens is 258 g/mol. The molecule has 1 fully saturated rings. The second-order valence-electron chi connectivity index (χ2n) is 6.88. The van der Waals surface area contributed by atoms with Crippen molar-refractivity contribution < 1.29 is 18.8 Å². The highest BCUT2D eigenvalue weighted by Gasteiger charge is 2.52. The van der Waals surface area contributed by atoms with Crippen molar-refractivity contribution in [3.05, 3.63) is 29.6 Å². The Morgan fingerprint density at radius 1 is 1.10 bits per heavy atom. The summed E-state index contributed by atoms with van der Waals surface area (Å²) >= 11 is 0. The smallest absolute Gasteiger partial charge is 0.399 e. The molecule has 0 unspecified atom stereocenters. The first-order chi connectivity index (χ1) is 8.94. The molecule has 1 aliphatic rings. The minimum Gasteiger partial charge on any atom is -0.399 e. The van der Waals surface area contributed by atoms with Crippen molar-refractivity contribution in [1.29, 1.82) is 0 Å². The van der Waals surface area contributed by atoms with E-state index in [0.717, 1.165) is 0 Å². The molecule has 1 aromatic rings. The number of rotatable bonds is 2. The zero-order valence-corrected chi connectivity index (χ0v) is 13.0. The van der Waals surface area contributed by atoms with Gasteiger partial charge in [-0.25, -0.2) is 4.39 Å². The summed E-state index contributed by atoms with van der Waals surface area (Å²) in [5.41, 5.74) is -1.12. The summed E-state index contributed by atoms with van der Waals surface area (Å²) in [6.07, 6.45) is 0. The van der Waals surface area contributed by atoms with Crippen LogP contribution < -0.4 is 5.46 Å². The molecule has 0 aromatic heterocycles. The molecule has 0 aliphatic carbocycles. The zero-order valence-electron chi connectivity index (χ0n) is 13.0. The largest absolute Gasteiger partial charge is 0.497 e. The van der Waals surface area contributed by atoms with Crippen molar-refractivity contribution in [2.24, 2.45) is 0 Å². The molecule has 1 aromatic carbocycles. The number of aliphatic hydroxyl groups is 1. The monoisotopic (exact) mass is 280 g/mol. The van der Waals surface area contributed by atoms with Crippen LogP contribution in [0.25, 0.3) is 0 Å². The van der Waals surface area contributed by atoms with Crippen LogP contribution in [0.2, 0.25) is 0 Å². The van der Waals surface area contributed by atoms with Crippen LogP contribution in [0.5, 0.6) is 0 Å². The predicted octanol–water partition coefficient (Wildman–Crippen LogP) is 2.35. The van der Waals surface area contributed by atoms with Gasteiger partial charge >= 0.3 is 7.12 Å². The van der Waals surface area contributed by atoms with Gasteiger partial charge < -0.3 is 14.4 Å². The Labute approximate surface area is 120 Å². The lowest BCUT2D eigenvalue weighted by molar-refractivity contribution is 0.00578. The molecule has 0 spiro atoms. The van der Waals surface area contributed by atoms with Gasteiger partial charge in [0.25, 0.3) is 0 Å². The zero-order chi connectivity index (χ0) is 15.3. The summed E-state index contributed by atoms with van der Waals surface area (Å²) in [6, 6.07) is 4.52. The van der Waals surface area contributed by atoms with Crippen LogP contribution >= 0.6 is 0 Å². The van der Waals surface area contributed by atoms with E-state index < -0.39 is 29.7 Å². The molecule has 0 bridgehead atoms. The van der Waals surface area contributed by atoms with Crippen molar-refractivity contribution in [3.8, 4) is 0 Å². The van der Waals surface area contributed by atoms with E-state index in [9.17, 15) is 9.50 Å². The molecule has 0 atom stereocenters. The van der Waals surface area contributed by atoms with Crippen molar-refractivity contribution >= 4 is 12.6 Å². The van der Waals surface area contributed by atoms with Crippen molar-refractivity contribution in [2.45, 2.75) is 58.3 Å². The maximum Gasteiger partial charge on any atom is 0.497 e. The van der Waals surface area contributed by atoms with Gasteiger partial charge in [-0.05, 0) is 53.2 Å². The minimum atomic E-state index is -1.04. The molecule has 3 nitrogen and oxygen atoms in total. The SMILES string of the molecule is CC(C)(O)c1ccc(F)c(B2OC(C)(C)C(C)(C)O2)c1. The Hall–Kier alpha value is -0.905. The van der Waals surface area contributed by atoms with Gasteiger partial charge in [0.1, 0.15) is 5.82 Å². The molecule has 1 aliphatic heterocycles. The van der Waals surface area contributed by atoms with E-state index in [1.54, 1.807) is 26.0 Å². The third-order valence-corrected chi connectivity index (χ3v) is 4.21. The molecule has 0 saturated carbocycles. The molecule has 0 radical (unpaired) electrons. The van der Waals surface area contributed by atoms with Crippen LogP contribution in [0.3, 0.4) is 0 Å². The van der Waals surface area contributed by atoms with Gasteiger partial charge in [0.2, 0.25) is 0 Å². The van der Waals surface area contributed by atoms with Crippen LogP contribution in [0.4, 0.5) is 4.39 Å². The molecule has 20 heavy (non-hydrogen) atoms. The summed E-state index contributed by atoms with van der Waals surface area (Å²) in [4.78, 5) is 0. The molecule has 1 N–H and O–H groups in total. The highest BCUT2D eigenvalue weighted by Crippen LogP contribution is 2.36. The quantitative estimate of drug-likeness (QED) is 0.845. The Bertz CT molecular complexity index is 504. The van der Waals surface area contributed by atoms with E-state index in [1.165, 1.54) is 6.07 Å². The molecule has 5 heteroatoms. The molecule has 110 valence electrons. The van der Waals surface area contributed by atoms with E-state index in [2.05, 4.69) is 0 Å². The van der Waals surface area contributed by atoms with Crippen molar-refractivity contribution in [3.63, 3.8) is 0 Å². The maximum atomic E-state index is 14.1. The summed E-state index contributed by atoms with van der Waals surface area (Å²) < 4.78 is 25.8. The van der Waals surface area contributed by atoms with Crippen LogP contribution in [0.1, 0.15) is 47.1 Å². The predicted molar refractivity (Wildman–Crippen MR) is 77.4 cm³/mol. The third-order valence-electron chi connectivity index (χ3n) is 4.21. The lowest BCUT2D eigenvalue weighted by Crippen LogP contribution is -2.41. The first-order valence-electron chi connectivity index (χ1n) is 6.82. The van der Waals surface area contributed by atoms with E-state index >= 15 is 0 Å². The standard InChI is InChI=1S/C15H22BFO3/c1-13(2,18)10-7-8-12(17)11(9-10)16-19-14(3,4)15(5,6)20-16/h7-9,18H,1-6H3. The molecule has 2 rings (SSSR count). The molecule has 1 saturated heterocycles. The second-order valence-corrected chi connectivity index (χ2v) is 6.88. The van der Waals surface area contributed by atoms with Crippen LogP contribution in [-0.4, -0.2) is 23.4 Å². The highest BCUT2D eigenvalue weighted by molar-refractivity contribution is 6.62. The Balaban J connectivity index is 2.40. The van der Waals surface area contributed by atoms with Gasteiger partial charge in [-0.2, -0.15) is 0 Å². The van der Waals surface area contributed by atoms with E-state index in [0.29, 0.717) is 11.0 Å². The third kappa shape index (κ3) is 2.62. The summed E-state index contributed by atoms with van der Waals surface area (Å²) in [5, 5.41) is 10.0. The number of hydrogen-bond donors (Lipinski definition) is 1. The fourth-order valence-electron chi connectivity index (χ4n) is 2.07.